The van der Waals surface area contributed by atoms with E-state index in [-0.39, 0.29) is 11.1 Å². The maximum absolute atomic E-state index is 11.6. The number of nitrogens with two attached hydrogens (primary N) is 2. The summed E-state index contributed by atoms with van der Waals surface area (Å²) in [6.07, 6.45) is 1.50. The molecule has 1 aromatic carbocycles. The molecule has 0 aliphatic carbocycles. The van der Waals surface area contributed by atoms with Crippen molar-refractivity contribution in [1.82, 2.24) is 4.98 Å². The lowest BCUT2D eigenvalue weighted by molar-refractivity contribution is 0.0999. The van der Waals surface area contributed by atoms with E-state index in [0.29, 0.717) is 17.1 Å². The lowest BCUT2D eigenvalue weighted by atomic mass is 9.90. The van der Waals surface area contributed by atoms with Crippen LogP contribution in [0.1, 0.15) is 50.7 Å². The molecule has 104 valence electrons. The van der Waals surface area contributed by atoms with Crippen molar-refractivity contribution in [2.24, 2.45) is 11.5 Å². The fourth-order valence-electron chi connectivity index (χ4n) is 2.16. The number of hydrogen-bond acceptors (Lipinski definition) is 4. The predicted octanol–water partition coefficient (Wildman–Crippen LogP) is 1.33. The summed E-state index contributed by atoms with van der Waals surface area (Å²) in [5.74, 6) is -1.26. The van der Waals surface area contributed by atoms with E-state index in [4.69, 9.17) is 15.9 Å². The molecule has 0 aliphatic rings. The molecule has 20 heavy (non-hydrogen) atoms. The first kappa shape index (κ1) is 13.8. The van der Waals surface area contributed by atoms with Crippen LogP contribution in [0.25, 0.3) is 0 Å². The molecule has 0 saturated heterocycles. The van der Waals surface area contributed by atoms with E-state index in [1.165, 1.54) is 6.26 Å². The summed E-state index contributed by atoms with van der Waals surface area (Å²) in [5.41, 5.74) is 12.4. The summed E-state index contributed by atoms with van der Waals surface area (Å²) >= 11 is 0. The Kier molecular flexibility index (Phi) is 3.56. The smallest absolute Gasteiger partial charge is 0.249 e. The normalized spacial score (nSPS) is 12.1. The van der Waals surface area contributed by atoms with Crippen molar-refractivity contribution in [2.75, 3.05) is 0 Å². The predicted molar refractivity (Wildman–Crippen MR) is 72.2 cm³/mol. The Labute approximate surface area is 115 Å². The minimum Gasteiger partial charge on any atom is -0.448 e. The summed E-state index contributed by atoms with van der Waals surface area (Å²) < 4.78 is 5.33. The van der Waals surface area contributed by atoms with Crippen LogP contribution in [0, 0.1) is 6.92 Å². The molecule has 2 rings (SSSR count). The van der Waals surface area contributed by atoms with Gasteiger partial charge in [0.25, 0.3) is 0 Å². The van der Waals surface area contributed by atoms with Crippen LogP contribution in [0.2, 0.25) is 0 Å². The van der Waals surface area contributed by atoms with E-state index in [0.717, 1.165) is 0 Å². The summed E-state index contributed by atoms with van der Waals surface area (Å²) in [5, 5.41) is 0. The van der Waals surface area contributed by atoms with Crippen molar-refractivity contribution >= 4 is 11.8 Å². The lowest BCUT2D eigenvalue weighted by Crippen LogP contribution is -2.21. The molecule has 1 atom stereocenters. The Morgan fingerprint density at radius 3 is 2.15 bits per heavy atom. The second-order valence-electron chi connectivity index (χ2n) is 4.54. The van der Waals surface area contributed by atoms with Gasteiger partial charge in [-0.25, -0.2) is 4.98 Å². The Bertz CT molecular complexity index is 644. The number of aromatic nitrogens is 1. The van der Waals surface area contributed by atoms with Gasteiger partial charge in [0.2, 0.25) is 17.7 Å². The maximum atomic E-state index is 11.6. The number of amides is 2. The van der Waals surface area contributed by atoms with Gasteiger partial charge in [-0.3, -0.25) is 9.59 Å². The lowest BCUT2D eigenvalue weighted by Gasteiger charge is -2.15. The van der Waals surface area contributed by atoms with E-state index >= 15 is 0 Å². The first-order valence-electron chi connectivity index (χ1n) is 6.06. The van der Waals surface area contributed by atoms with Crippen molar-refractivity contribution in [1.29, 1.82) is 0 Å². The van der Waals surface area contributed by atoms with Crippen LogP contribution < -0.4 is 11.5 Å². The molecule has 0 saturated carbocycles. The van der Waals surface area contributed by atoms with Gasteiger partial charge in [0.15, 0.2) is 0 Å². The third-order valence-corrected chi connectivity index (χ3v) is 3.08. The molecule has 1 unspecified atom stereocenters. The van der Waals surface area contributed by atoms with E-state index in [2.05, 4.69) is 4.98 Å². The molecule has 6 nitrogen and oxygen atoms in total. The summed E-state index contributed by atoms with van der Waals surface area (Å²) in [6.45, 7) is 3.56. The van der Waals surface area contributed by atoms with E-state index < -0.39 is 17.7 Å². The molecule has 4 N–H and O–H groups in total. The molecule has 0 aliphatic heterocycles. The van der Waals surface area contributed by atoms with Crippen LogP contribution in [0.3, 0.4) is 0 Å². The molecule has 0 spiro atoms. The quantitative estimate of drug-likeness (QED) is 0.874. The third kappa shape index (κ3) is 2.40. The van der Waals surface area contributed by atoms with Gasteiger partial charge in [0.05, 0.1) is 11.6 Å². The molecule has 1 aromatic heterocycles. The van der Waals surface area contributed by atoms with Crippen molar-refractivity contribution in [3.05, 3.63) is 52.7 Å². The highest BCUT2D eigenvalue weighted by Gasteiger charge is 2.24. The van der Waals surface area contributed by atoms with Crippen LogP contribution in [0.4, 0.5) is 0 Å². The third-order valence-electron chi connectivity index (χ3n) is 3.08. The maximum Gasteiger partial charge on any atom is 0.249 e. The summed E-state index contributed by atoms with van der Waals surface area (Å²) in [4.78, 5) is 27.3. The van der Waals surface area contributed by atoms with Crippen LogP contribution in [0.15, 0.2) is 28.9 Å². The van der Waals surface area contributed by atoms with Crippen LogP contribution in [0.5, 0.6) is 0 Å². The first-order valence-corrected chi connectivity index (χ1v) is 6.06. The van der Waals surface area contributed by atoms with Crippen LogP contribution >= 0.6 is 0 Å². The number of aryl methyl sites for hydroxylation is 1. The van der Waals surface area contributed by atoms with Gasteiger partial charge >= 0.3 is 0 Å². The molecule has 0 bridgehead atoms. The fraction of sp³-hybridized carbons (Fsp3) is 0.214. The molecule has 2 aromatic rings. The highest BCUT2D eigenvalue weighted by atomic mass is 16.3. The fourth-order valence-corrected chi connectivity index (χ4v) is 2.16. The van der Waals surface area contributed by atoms with E-state index in [9.17, 15) is 9.59 Å². The second kappa shape index (κ2) is 5.16. The van der Waals surface area contributed by atoms with Gasteiger partial charge in [-0.15, -0.1) is 0 Å². The minimum absolute atomic E-state index is 0.240. The standard InChI is InChI=1S/C14H15N3O3/c1-7-6-20-14(17-7)8(2)11-9(12(15)18)4-3-5-10(11)13(16)19/h3-6,8H,1-2H3,(H2,15,18)(H2,16,19). The number of hydrogen-bond donors (Lipinski definition) is 2. The first-order chi connectivity index (χ1) is 9.41. The highest BCUT2D eigenvalue weighted by Crippen LogP contribution is 2.29. The number of primary amides is 2. The van der Waals surface area contributed by atoms with Crippen molar-refractivity contribution in [3.8, 4) is 0 Å². The van der Waals surface area contributed by atoms with Crippen molar-refractivity contribution in [3.63, 3.8) is 0 Å². The van der Waals surface area contributed by atoms with Gasteiger partial charge in [0.1, 0.15) is 6.26 Å². The zero-order chi connectivity index (χ0) is 14.9. The van der Waals surface area contributed by atoms with Crippen LogP contribution in [-0.4, -0.2) is 16.8 Å². The van der Waals surface area contributed by atoms with Gasteiger partial charge in [-0.2, -0.15) is 0 Å². The van der Waals surface area contributed by atoms with E-state index in [1.54, 1.807) is 32.0 Å². The zero-order valence-electron chi connectivity index (χ0n) is 11.2. The topological polar surface area (TPSA) is 112 Å². The Morgan fingerprint density at radius 2 is 1.75 bits per heavy atom. The monoisotopic (exact) mass is 273 g/mol. The second-order valence-corrected chi connectivity index (χ2v) is 4.54. The average molecular weight is 273 g/mol. The largest absolute Gasteiger partial charge is 0.448 e. The van der Waals surface area contributed by atoms with Gasteiger partial charge < -0.3 is 15.9 Å². The Hall–Kier alpha value is -2.63. The number of rotatable bonds is 4. The van der Waals surface area contributed by atoms with Gasteiger partial charge in [-0.05, 0) is 31.5 Å². The molecule has 0 radical (unpaired) electrons. The number of benzene rings is 1. The number of carbonyl (C=O) groups excluding carboxylic acids is 2. The number of carbonyl (C=O) groups is 2. The molecule has 2 amide bonds. The number of oxazole rings is 1. The van der Waals surface area contributed by atoms with E-state index in [1.807, 2.05) is 0 Å². The highest BCUT2D eigenvalue weighted by molar-refractivity contribution is 6.01. The molecular weight excluding hydrogens is 258 g/mol. The SMILES string of the molecule is Cc1coc(C(C)c2c(C(N)=O)cccc2C(N)=O)n1. The van der Waals surface area contributed by atoms with Crippen molar-refractivity contribution < 1.29 is 14.0 Å². The Morgan fingerprint density at radius 1 is 1.20 bits per heavy atom. The van der Waals surface area contributed by atoms with Gasteiger partial charge in [0, 0.05) is 11.1 Å². The molecule has 6 heteroatoms. The van der Waals surface area contributed by atoms with Crippen LogP contribution in [-0.2, 0) is 0 Å². The van der Waals surface area contributed by atoms with Crippen molar-refractivity contribution in [2.45, 2.75) is 19.8 Å². The average Bonchev–Trinajstić information content (AvgIpc) is 2.83. The zero-order valence-corrected chi connectivity index (χ0v) is 11.2. The molecule has 1 heterocycles. The summed E-state index contributed by atoms with van der Waals surface area (Å²) in [7, 11) is 0. The molecular formula is C14H15N3O3. The Balaban J connectivity index is 2.64. The summed E-state index contributed by atoms with van der Waals surface area (Å²) in [6, 6.07) is 4.67. The van der Waals surface area contributed by atoms with Gasteiger partial charge in [-0.1, -0.05) is 6.07 Å². The number of nitrogens with zero attached hydrogens (tertiary/aromatic N) is 1. The molecule has 0 fully saturated rings. The minimum atomic E-state index is -0.627.